The molecule has 5 heteroatoms. The standard InChI is InChI=1S/C10H11BrFNO2/c11-7-3-6(12)1-2-8(7)13-9-4-15-5-10(9)14/h1-3,9-10,13-14H,4-5H2. The summed E-state index contributed by atoms with van der Waals surface area (Å²) in [6.45, 7) is 0.807. The van der Waals surface area contributed by atoms with Gasteiger partial charge in [0.2, 0.25) is 0 Å². The smallest absolute Gasteiger partial charge is 0.124 e. The molecule has 0 aromatic heterocycles. The number of anilines is 1. The average molecular weight is 276 g/mol. The Labute approximate surface area is 95.4 Å². The van der Waals surface area contributed by atoms with Gasteiger partial charge in [0.15, 0.2) is 0 Å². The molecule has 2 N–H and O–H groups in total. The van der Waals surface area contributed by atoms with Crippen LogP contribution in [0.3, 0.4) is 0 Å². The molecule has 0 saturated carbocycles. The number of aliphatic hydroxyl groups excluding tert-OH is 1. The van der Waals surface area contributed by atoms with Crippen LogP contribution in [-0.2, 0) is 4.74 Å². The van der Waals surface area contributed by atoms with Gasteiger partial charge in [0.25, 0.3) is 0 Å². The number of nitrogens with one attached hydrogen (secondary N) is 1. The Hall–Kier alpha value is -0.650. The molecule has 0 radical (unpaired) electrons. The zero-order valence-electron chi connectivity index (χ0n) is 7.91. The zero-order valence-corrected chi connectivity index (χ0v) is 9.50. The average Bonchev–Trinajstić information content (AvgIpc) is 2.57. The molecule has 3 nitrogen and oxygen atoms in total. The van der Waals surface area contributed by atoms with E-state index in [1.165, 1.54) is 12.1 Å². The van der Waals surface area contributed by atoms with Crippen LogP contribution in [0.5, 0.6) is 0 Å². The van der Waals surface area contributed by atoms with Crippen LogP contribution in [0.4, 0.5) is 10.1 Å². The predicted octanol–water partition coefficient (Wildman–Crippen LogP) is 1.76. The zero-order chi connectivity index (χ0) is 10.8. The Balaban J connectivity index is 2.10. The summed E-state index contributed by atoms with van der Waals surface area (Å²) in [5.41, 5.74) is 0.756. The van der Waals surface area contributed by atoms with Gasteiger partial charge >= 0.3 is 0 Å². The summed E-state index contributed by atoms with van der Waals surface area (Å²) in [4.78, 5) is 0. The Kier molecular flexibility index (Phi) is 3.23. The lowest BCUT2D eigenvalue weighted by molar-refractivity contribution is 0.125. The first-order chi connectivity index (χ1) is 7.16. The third-order valence-corrected chi connectivity index (χ3v) is 2.98. The molecular formula is C10H11BrFNO2. The molecule has 0 spiro atoms. The van der Waals surface area contributed by atoms with E-state index in [2.05, 4.69) is 21.2 Å². The number of hydrogen-bond donors (Lipinski definition) is 2. The number of benzene rings is 1. The van der Waals surface area contributed by atoms with E-state index in [9.17, 15) is 9.50 Å². The second kappa shape index (κ2) is 4.47. The van der Waals surface area contributed by atoms with E-state index in [4.69, 9.17) is 4.74 Å². The van der Waals surface area contributed by atoms with Gasteiger partial charge in [-0.1, -0.05) is 0 Å². The van der Waals surface area contributed by atoms with Crippen molar-refractivity contribution in [2.24, 2.45) is 0 Å². The van der Waals surface area contributed by atoms with Gasteiger partial charge in [-0.3, -0.25) is 0 Å². The quantitative estimate of drug-likeness (QED) is 0.864. The van der Waals surface area contributed by atoms with Crippen molar-refractivity contribution in [3.63, 3.8) is 0 Å². The molecule has 0 bridgehead atoms. The van der Waals surface area contributed by atoms with Gasteiger partial charge in [0.05, 0.1) is 25.4 Å². The van der Waals surface area contributed by atoms with E-state index in [-0.39, 0.29) is 11.9 Å². The molecule has 1 heterocycles. The van der Waals surface area contributed by atoms with Crippen molar-refractivity contribution >= 4 is 21.6 Å². The van der Waals surface area contributed by atoms with Crippen molar-refractivity contribution in [2.45, 2.75) is 12.1 Å². The maximum Gasteiger partial charge on any atom is 0.124 e. The minimum Gasteiger partial charge on any atom is -0.388 e. The van der Waals surface area contributed by atoms with E-state index in [0.717, 1.165) is 5.69 Å². The number of rotatable bonds is 2. The molecule has 1 fully saturated rings. The van der Waals surface area contributed by atoms with Gasteiger partial charge in [0, 0.05) is 10.2 Å². The predicted molar refractivity (Wildman–Crippen MR) is 58.3 cm³/mol. The molecule has 0 amide bonds. The Bertz CT molecular complexity index is 361. The van der Waals surface area contributed by atoms with Crippen molar-refractivity contribution in [1.82, 2.24) is 0 Å². The number of halogens is 2. The monoisotopic (exact) mass is 275 g/mol. The van der Waals surface area contributed by atoms with Crippen molar-refractivity contribution < 1.29 is 14.2 Å². The lowest BCUT2D eigenvalue weighted by Gasteiger charge is -2.16. The number of ether oxygens (including phenoxy) is 1. The van der Waals surface area contributed by atoms with Crippen LogP contribution in [0.15, 0.2) is 22.7 Å². The highest BCUT2D eigenvalue weighted by Crippen LogP contribution is 2.25. The van der Waals surface area contributed by atoms with Crippen LogP contribution in [0, 0.1) is 5.82 Å². The van der Waals surface area contributed by atoms with E-state index in [0.29, 0.717) is 17.7 Å². The molecule has 2 unspecified atom stereocenters. The molecule has 1 aliphatic rings. The SMILES string of the molecule is OC1COCC1Nc1ccc(F)cc1Br. The Morgan fingerprint density at radius 2 is 2.27 bits per heavy atom. The van der Waals surface area contributed by atoms with Gasteiger partial charge in [-0.05, 0) is 34.1 Å². The number of hydrogen-bond acceptors (Lipinski definition) is 3. The highest BCUT2D eigenvalue weighted by atomic mass is 79.9. The van der Waals surface area contributed by atoms with Crippen LogP contribution < -0.4 is 5.32 Å². The molecule has 1 saturated heterocycles. The van der Waals surface area contributed by atoms with Gasteiger partial charge < -0.3 is 15.2 Å². The third kappa shape index (κ3) is 2.48. The van der Waals surface area contributed by atoms with Crippen LogP contribution in [0.1, 0.15) is 0 Å². The maximum atomic E-state index is 12.8. The van der Waals surface area contributed by atoms with Crippen LogP contribution in [0.2, 0.25) is 0 Å². The van der Waals surface area contributed by atoms with Crippen LogP contribution in [0.25, 0.3) is 0 Å². The van der Waals surface area contributed by atoms with Crippen molar-refractivity contribution in [3.8, 4) is 0 Å². The molecule has 1 aliphatic heterocycles. The summed E-state index contributed by atoms with van der Waals surface area (Å²) in [5, 5.41) is 12.6. The minimum absolute atomic E-state index is 0.133. The second-order valence-corrected chi connectivity index (χ2v) is 4.33. The van der Waals surface area contributed by atoms with E-state index < -0.39 is 6.10 Å². The summed E-state index contributed by atoms with van der Waals surface area (Å²) in [6.07, 6.45) is -0.512. The molecule has 1 aromatic carbocycles. The minimum atomic E-state index is -0.512. The maximum absolute atomic E-state index is 12.8. The summed E-state index contributed by atoms with van der Waals surface area (Å²) < 4.78 is 18.5. The van der Waals surface area contributed by atoms with Crippen molar-refractivity contribution in [2.75, 3.05) is 18.5 Å². The summed E-state index contributed by atoms with van der Waals surface area (Å²) >= 11 is 3.25. The highest BCUT2D eigenvalue weighted by molar-refractivity contribution is 9.10. The van der Waals surface area contributed by atoms with Gasteiger partial charge in [-0.15, -0.1) is 0 Å². The van der Waals surface area contributed by atoms with Gasteiger partial charge in [0.1, 0.15) is 5.82 Å². The van der Waals surface area contributed by atoms with Crippen molar-refractivity contribution in [3.05, 3.63) is 28.5 Å². The van der Waals surface area contributed by atoms with Crippen LogP contribution >= 0.6 is 15.9 Å². The molecule has 0 aliphatic carbocycles. The molecule has 2 rings (SSSR count). The fourth-order valence-electron chi connectivity index (χ4n) is 1.49. The van der Waals surface area contributed by atoms with E-state index in [1.807, 2.05) is 0 Å². The third-order valence-electron chi connectivity index (χ3n) is 2.32. The first-order valence-electron chi connectivity index (χ1n) is 4.64. The second-order valence-electron chi connectivity index (χ2n) is 3.48. The topological polar surface area (TPSA) is 41.5 Å². The first kappa shape index (κ1) is 10.9. The summed E-state index contributed by atoms with van der Waals surface area (Å²) in [6, 6.07) is 4.25. The van der Waals surface area contributed by atoms with E-state index in [1.54, 1.807) is 6.07 Å². The Morgan fingerprint density at radius 1 is 1.47 bits per heavy atom. The van der Waals surface area contributed by atoms with Gasteiger partial charge in [-0.25, -0.2) is 4.39 Å². The molecule has 1 aromatic rings. The molecule has 82 valence electrons. The fourth-order valence-corrected chi connectivity index (χ4v) is 1.95. The van der Waals surface area contributed by atoms with Crippen molar-refractivity contribution in [1.29, 1.82) is 0 Å². The van der Waals surface area contributed by atoms with E-state index >= 15 is 0 Å². The number of aliphatic hydroxyl groups is 1. The fraction of sp³-hybridized carbons (Fsp3) is 0.400. The lowest BCUT2D eigenvalue weighted by atomic mass is 10.2. The largest absolute Gasteiger partial charge is 0.388 e. The normalized spacial score (nSPS) is 25.5. The lowest BCUT2D eigenvalue weighted by Crippen LogP contribution is -2.31. The molecule has 15 heavy (non-hydrogen) atoms. The molecule has 2 atom stereocenters. The van der Waals surface area contributed by atoms with Gasteiger partial charge in [-0.2, -0.15) is 0 Å². The highest BCUT2D eigenvalue weighted by Gasteiger charge is 2.26. The summed E-state index contributed by atoms with van der Waals surface area (Å²) in [5.74, 6) is -0.296. The summed E-state index contributed by atoms with van der Waals surface area (Å²) in [7, 11) is 0. The Morgan fingerprint density at radius 3 is 2.87 bits per heavy atom. The molecular weight excluding hydrogens is 265 g/mol. The first-order valence-corrected chi connectivity index (χ1v) is 5.43. The van der Waals surface area contributed by atoms with Crippen LogP contribution in [-0.4, -0.2) is 30.5 Å².